The highest BCUT2D eigenvalue weighted by Gasteiger charge is 2.21. The number of hydrogen-bond acceptors (Lipinski definition) is 5. The Morgan fingerprint density at radius 1 is 1.30 bits per heavy atom. The van der Waals surface area contributed by atoms with Gasteiger partial charge in [0, 0.05) is 23.9 Å². The van der Waals surface area contributed by atoms with E-state index < -0.39 is 0 Å². The molecule has 0 saturated heterocycles. The average Bonchev–Trinajstić information content (AvgIpc) is 2.44. The van der Waals surface area contributed by atoms with Crippen LogP contribution in [0.1, 0.15) is 44.9 Å². The molecular formula is C15H26N4S. The van der Waals surface area contributed by atoms with Crippen LogP contribution in [-0.2, 0) is 0 Å². The number of nitrogens with zero attached hydrogens (tertiary/aromatic N) is 2. The molecule has 1 heterocycles. The highest BCUT2D eigenvalue weighted by Crippen LogP contribution is 2.28. The van der Waals surface area contributed by atoms with Gasteiger partial charge in [0.05, 0.1) is 0 Å². The lowest BCUT2D eigenvalue weighted by atomic mass is 9.95. The zero-order valence-electron chi connectivity index (χ0n) is 12.8. The zero-order valence-corrected chi connectivity index (χ0v) is 13.6. The van der Waals surface area contributed by atoms with Crippen LogP contribution in [0.5, 0.6) is 0 Å². The molecule has 0 spiro atoms. The minimum atomic E-state index is 0.550. The van der Waals surface area contributed by atoms with E-state index in [-0.39, 0.29) is 0 Å². The molecule has 112 valence electrons. The van der Waals surface area contributed by atoms with Gasteiger partial charge >= 0.3 is 0 Å². The van der Waals surface area contributed by atoms with Gasteiger partial charge in [-0.2, -0.15) is 11.8 Å². The van der Waals surface area contributed by atoms with Crippen molar-refractivity contribution < 1.29 is 0 Å². The van der Waals surface area contributed by atoms with Gasteiger partial charge in [0.1, 0.15) is 17.5 Å². The molecule has 0 aromatic carbocycles. The van der Waals surface area contributed by atoms with Crippen LogP contribution in [0.2, 0.25) is 0 Å². The van der Waals surface area contributed by atoms with Gasteiger partial charge in [0.15, 0.2) is 0 Å². The van der Waals surface area contributed by atoms with E-state index in [1.807, 2.05) is 24.8 Å². The van der Waals surface area contributed by atoms with Gasteiger partial charge in [-0.05, 0) is 38.9 Å². The molecule has 0 bridgehead atoms. The van der Waals surface area contributed by atoms with Gasteiger partial charge < -0.3 is 10.6 Å². The summed E-state index contributed by atoms with van der Waals surface area (Å²) in [7, 11) is 0. The Morgan fingerprint density at radius 2 is 2.10 bits per heavy atom. The minimum absolute atomic E-state index is 0.550. The van der Waals surface area contributed by atoms with Gasteiger partial charge in [-0.15, -0.1) is 0 Å². The smallest absolute Gasteiger partial charge is 0.132 e. The van der Waals surface area contributed by atoms with Gasteiger partial charge in [-0.1, -0.05) is 13.3 Å². The van der Waals surface area contributed by atoms with Crippen LogP contribution in [0, 0.1) is 6.92 Å². The Morgan fingerprint density at radius 3 is 2.85 bits per heavy atom. The summed E-state index contributed by atoms with van der Waals surface area (Å²) in [5.74, 6) is 2.72. The van der Waals surface area contributed by atoms with Crippen molar-refractivity contribution in [1.82, 2.24) is 9.97 Å². The van der Waals surface area contributed by atoms with Crippen molar-refractivity contribution in [2.75, 3.05) is 23.4 Å². The summed E-state index contributed by atoms with van der Waals surface area (Å²) in [6.07, 6.45) is 8.47. The van der Waals surface area contributed by atoms with Gasteiger partial charge in [-0.25, -0.2) is 9.97 Å². The molecule has 0 radical (unpaired) electrons. The SMILES string of the molecule is CCCNc1cc(NC2CCCC(SC)C2)nc(C)n1. The summed E-state index contributed by atoms with van der Waals surface area (Å²) in [5.41, 5.74) is 0. The fourth-order valence-electron chi connectivity index (χ4n) is 2.68. The number of rotatable bonds is 6. The largest absolute Gasteiger partial charge is 0.370 e. The summed E-state index contributed by atoms with van der Waals surface area (Å²) in [5, 5.41) is 7.73. The molecule has 0 aliphatic heterocycles. The first-order chi connectivity index (χ1) is 9.71. The number of aryl methyl sites for hydroxylation is 1. The second kappa shape index (κ2) is 7.72. The van der Waals surface area contributed by atoms with Crippen molar-refractivity contribution in [2.45, 2.75) is 57.2 Å². The quantitative estimate of drug-likeness (QED) is 0.838. The third-order valence-corrected chi connectivity index (χ3v) is 4.80. The summed E-state index contributed by atoms with van der Waals surface area (Å²) < 4.78 is 0. The van der Waals surface area contributed by atoms with Crippen LogP contribution in [0.3, 0.4) is 0 Å². The Balaban J connectivity index is 1.99. The fraction of sp³-hybridized carbons (Fsp3) is 0.733. The molecule has 2 rings (SSSR count). The second-order valence-electron chi connectivity index (χ2n) is 5.48. The first kappa shape index (κ1) is 15.4. The maximum atomic E-state index is 4.52. The molecule has 2 atom stereocenters. The molecule has 2 unspecified atom stereocenters. The number of thioether (sulfide) groups is 1. The van der Waals surface area contributed by atoms with Crippen LogP contribution in [-0.4, -0.2) is 34.1 Å². The Hall–Kier alpha value is -0.970. The monoisotopic (exact) mass is 294 g/mol. The third-order valence-electron chi connectivity index (χ3n) is 3.71. The van der Waals surface area contributed by atoms with Crippen LogP contribution >= 0.6 is 11.8 Å². The second-order valence-corrected chi connectivity index (χ2v) is 6.62. The molecule has 1 aliphatic carbocycles. The van der Waals surface area contributed by atoms with E-state index in [2.05, 4.69) is 33.8 Å². The molecule has 1 aliphatic rings. The molecule has 20 heavy (non-hydrogen) atoms. The summed E-state index contributed by atoms with van der Waals surface area (Å²) in [4.78, 5) is 8.95. The first-order valence-electron chi connectivity index (χ1n) is 7.60. The predicted octanol–water partition coefficient (Wildman–Crippen LogP) is 3.69. The lowest BCUT2D eigenvalue weighted by molar-refractivity contribution is 0.472. The lowest BCUT2D eigenvalue weighted by Crippen LogP contribution is -2.29. The molecular weight excluding hydrogens is 268 g/mol. The number of nitrogens with one attached hydrogen (secondary N) is 2. The van der Waals surface area contributed by atoms with E-state index >= 15 is 0 Å². The standard InChI is InChI=1S/C15H26N4S/c1-4-8-16-14-10-15(18-11(2)17-14)19-12-6-5-7-13(9-12)20-3/h10,12-13H,4-9H2,1-3H3,(H2,16,17,18,19). The van der Waals surface area contributed by atoms with Gasteiger partial charge in [0.25, 0.3) is 0 Å². The predicted molar refractivity (Wildman–Crippen MR) is 88.7 cm³/mol. The average molecular weight is 294 g/mol. The van der Waals surface area contributed by atoms with Crippen molar-refractivity contribution in [3.05, 3.63) is 11.9 Å². The lowest BCUT2D eigenvalue weighted by Gasteiger charge is -2.29. The molecule has 0 amide bonds. The number of aromatic nitrogens is 2. The normalized spacial score (nSPS) is 22.6. The third kappa shape index (κ3) is 4.54. The van der Waals surface area contributed by atoms with Crippen LogP contribution in [0.15, 0.2) is 6.07 Å². The summed E-state index contributed by atoms with van der Waals surface area (Å²) >= 11 is 1.99. The highest BCUT2D eigenvalue weighted by atomic mass is 32.2. The van der Waals surface area contributed by atoms with Gasteiger partial charge in [-0.3, -0.25) is 0 Å². The first-order valence-corrected chi connectivity index (χ1v) is 8.89. The van der Waals surface area contributed by atoms with Gasteiger partial charge in [0.2, 0.25) is 0 Å². The van der Waals surface area contributed by atoms with E-state index in [0.29, 0.717) is 6.04 Å². The van der Waals surface area contributed by atoms with Crippen molar-refractivity contribution in [1.29, 1.82) is 0 Å². The number of anilines is 2. The fourth-order valence-corrected chi connectivity index (χ4v) is 3.51. The molecule has 4 nitrogen and oxygen atoms in total. The van der Waals surface area contributed by atoms with E-state index in [9.17, 15) is 0 Å². The minimum Gasteiger partial charge on any atom is -0.370 e. The van der Waals surface area contributed by atoms with Crippen molar-refractivity contribution in [3.63, 3.8) is 0 Å². The Labute approximate surface area is 126 Å². The molecule has 1 aromatic heterocycles. The molecule has 1 saturated carbocycles. The van der Waals surface area contributed by atoms with Crippen LogP contribution in [0.4, 0.5) is 11.6 Å². The maximum absolute atomic E-state index is 4.52. The van der Waals surface area contributed by atoms with E-state index in [1.54, 1.807) is 0 Å². The maximum Gasteiger partial charge on any atom is 0.132 e. The van der Waals surface area contributed by atoms with Crippen molar-refractivity contribution in [2.24, 2.45) is 0 Å². The number of hydrogen-bond donors (Lipinski definition) is 2. The van der Waals surface area contributed by atoms with Crippen molar-refractivity contribution in [3.8, 4) is 0 Å². The molecule has 5 heteroatoms. The Bertz CT molecular complexity index is 424. The van der Waals surface area contributed by atoms with E-state index in [0.717, 1.165) is 35.7 Å². The van der Waals surface area contributed by atoms with Crippen molar-refractivity contribution >= 4 is 23.4 Å². The molecule has 2 N–H and O–H groups in total. The Kier molecular flexibility index (Phi) is 5.95. The highest BCUT2D eigenvalue weighted by molar-refractivity contribution is 7.99. The molecule has 1 aromatic rings. The summed E-state index contributed by atoms with van der Waals surface area (Å²) in [6.45, 7) is 5.06. The van der Waals surface area contributed by atoms with E-state index in [4.69, 9.17) is 0 Å². The van der Waals surface area contributed by atoms with Crippen LogP contribution < -0.4 is 10.6 Å². The van der Waals surface area contributed by atoms with E-state index in [1.165, 1.54) is 25.7 Å². The summed E-state index contributed by atoms with van der Waals surface area (Å²) in [6, 6.07) is 2.58. The molecule has 1 fully saturated rings. The van der Waals surface area contributed by atoms with Crippen LogP contribution in [0.25, 0.3) is 0 Å². The topological polar surface area (TPSA) is 49.8 Å². The zero-order chi connectivity index (χ0) is 14.4.